The molecular weight excluding hydrogens is 290 g/mol. The summed E-state index contributed by atoms with van der Waals surface area (Å²) in [7, 11) is 0. The fourth-order valence-electron chi connectivity index (χ4n) is 2.82. The lowest BCUT2D eigenvalue weighted by Gasteiger charge is -2.31. The highest BCUT2D eigenvalue weighted by Gasteiger charge is 2.30. The third kappa shape index (κ3) is 4.33. The van der Waals surface area contributed by atoms with Crippen molar-refractivity contribution < 1.29 is 14.3 Å². The fraction of sp³-hybridized carbons (Fsp3) is 0.316. The lowest BCUT2D eigenvalue weighted by Crippen LogP contribution is -2.37. The second-order valence-electron chi connectivity index (χ2n) is 5.66. The second kappa shape index (κ2) is 7.79. The van der Waals surface area contributed by atoms with Crippen LogP contribution in [0.25, 0.3) is 0 Å². The zero-order valence-electron chi connectivity index (χ0n) is 13.0. The SMILES string of the molecule is O=C(NCc1ccccc1)O[C@H]1CCOC[C@@H]1c1ccccc1. The number of alkyl carbamates (subject to hydrolysis) is 1. The van der Waals surface area contributed by atoms with Crippen LogP contribution in [0.5, 0.6) is 0 Å². The van der Waals surface area contributed by atoms with E-state index in [0.717, 1.165) is 17.5 Å². The van der Waals surface area contributed by atoms with Crippen LogP contribution in [-0.4, -0.2) is 25.4 Å². The number of nitrogens with one attached hydrogen (secondary N) is 1. The van der Waals surface area contributed by atoms with Gasteiger partial charge in [-0.05, 0) is 11.1 Å². The molecule has 1 aliphatic heterocycles. The van der Waals surface area contributed by atoms with E-state index in [1.807, 2.05) is 48.5 Å². The monoisotopic (exact) mass is 311 g/mol. The molecule has 1 aliphatic rings. The Morgan fingerprint density at radius 3 is 2.52 bits per heavy atom. The first-order valence-corrected chi connectivity index (χ1v) is 7.94. The van der Waals surface area contributed by atoms with Gasteiger partial charge in [0, 0.05) is 18.9 Å². The summed E-state index contributed by atoms with van der Waals surface area (Å²) >= 11 is 0. The van der Waals surface area contributed by atoms with Crippen LogP contribution in [0.3, 0.4) is 0 Å². The molecule has 1 amide bonds. The van der Waals surface area contributed by atoms with E-state index in [1.165, 1.54) is 0 Å². The van der Waals surface area contributed by atoms with Crippen LogP contribution in [0.1, 0.15) is 23.5 Å². The molecule has 0 saturated carbocycles. The number of ether oxygens (including phenoxy) is 2. The predicted octanol–water partition coefficient (Wildman–Crippen LogP) is 3.49. The van der Waals surface area contributed by atoms with Crippen molar-refractivity contribution in [1.82, 2.24) is 5.32 Å². The van der Waals surface area contributed by atoms with Crippen molar-refractivity contribution in [1.29, 1.82) is 0 Å². The van der Waals surface area contributed by atoms with Gasteiger partial charge < -0.3 is 14.8 Å². The predicted molar refractivity (Wildman–Crippen MR) is 88.2 cm³/mol. The molecule has 4 heteroatoms. The van der Waals surface area contributed by atoms with E-state index in [1.54, 1.807) is 0 Å². The van der Waals surface area contributed by atoms with Gasteiger partial charge in [-0.2, -0.15) is 0 Å². The molecule has 1 saturated heterocycles. The zero-order valence-corrected chi connectivity index (χ0v) is 13.0. The molecule has 2 atom stereocenters. The van der Waals surface area contributed by atoms with Gasteiger partial charge in [-0.15, -0.1) is 0 Å². The smallest absolute Gasteiger partial charge is 0.407 e. The van der Waals surface area contributed by atoms with E-state index in [0.29, 0.717) is 19.8 Å². The van der Waals surface area contributed by atoms with Gasteiger partial charge in [0.2, 0.25) is 0 Å². The molecule has 1 fully saturated rings. The van der Waals surface area contributed by atoms with Gasteiger partial charge in [-0.1, -0.05) is 60.7 Å². The largest absolute Gasteiger partial charge is 0.445 e. The van der Waals surface area contributed by atoms with Gasteiger partial charge in [0.15, 0.2) is 0 Å². The maximum Gasteiger partial charge on any atom is 0.407 e. The normalized spacial score (nSPS) is 20.7. The molecule has 0 spiro atoms. The van der Waals surface area contributed by atoms with Gasteiger partial charge in [0.25, 0.3) is 0 Å². The molecule has 1 heterocycles. The van der Waals surface area contributed by atoms with E-state index < -0.39 is 0 Å². The Hall–Kier alpha value is -2.33. The summed E-state index contributed by atoms with van der Waals surface area (Å²) < 4.78 is 11.2. The summed E-state index contributed by atoms with van der Waals surface area (Å²) in [6.45, 7) is 1.68. The number of rotatable bonds is 4. The van der Waals surface area contributed by atoms with Crippen molar-refractivity contribution in [3.8, 4) is 0 Å². The summed E-state index contributed by atoms with van der Waals surface area (Å²) in [6.07, 6.45) is 0.196. The maximum atomic E-state index is 12.1. The molecule has 1 N–H and O–H groups in total. The second-order valence-corrected chi connectivity index (χ2v) is 5.66. The number of carbonyl (C=O) groups excluding carboxylic acids is 1. The van der Waals surface area contributed by atoms with E-state index in [-0.39, 0.29) is 18.1 Å². The van der Waals surface area contributed by atoms with E-state index in [9.17, 15) is 4.79 Å². The minimum Gasteiger partial charge on any atom is -0.445 e. The van der Waals surface area contributed by atoms with Gasteiger partial charge in [0.1, 0.15) is 6.10 Å². The van der Waals surface area contributed by atoms with Gasteiger partial charge in [0.05, 0.1) is 13.2 Å². The van der Waals surface area contributed by atoms with Crippen molar-refractivity contribution in [3.63, 3.8) is 0 Å². The Morgan fingerprint density at radius 2 is 1.78 bits per heavy atom. The topological polar surface area (TPSA) is 47.6 Å². The molecule has 0 aliphatic carbocycles. The first kappa shape index (κ1) is 15.6. The van der Waals surface area contributed by atoms with Crippen LogP contribution >= 0.6 is 0 Å². The summed E-state index contributed by atoms with van der Waals surface area (Å²) in [6, 6.07) is 19.9. The quantitative estimate of drug-likeness (QED) is 0.940. The average Bonchev–Trinajstić information content (AvgIpc) is 2.62. The molecule has 2 aromatic carbocycles. The van der Waals surface area contributed by atoms with Crippen molar-refractivity contribution in [2.45, 2.75) is 25.0 Å². The summed E-state index contributed by atoms with van der Waals surface area (Å²) in [4.78, 5) is 12.1. The maximum absolute atomic E-state index is 12.1. The molecule has 0 unspecified atom stereocenters. The summed E-state index contributed by atoms with van der Waals surface area (Å²) in [5.41, 5.74) is 2.20. The molecular formula is C19H21NO3. The third-order valence-electron chi connectivity index (χ3n) is 4.06. The highest BCUT2D eigenvalue weighted by atomic mass is 16.6. The number of hydrogen-bond donors (Lipinski definition) is 1. The first-order chi connectivity index (χ1) is 11.3. The Balaban J connectivity index is 1.57. The lowest BCUT2D eigenvalue weighted by atomic mass is 9.91. The van der Waals surface area contributed by atoms with Crippen molar-refractivity contribution in [3.05, 3.63) is 71.8 Å². The lowest BCUT2D eigenvalue weighted by molar-refractivity contribution is -0.0162. The van der Waals surface area contributed by atoms with Crippen molar-refractivity contribution in [2.24, 2.45) is 0 Å². The Bertz CT molecular complexity index is 615. The van der Waals surface area contributed by atoms with Crippen molar-refractivity contribution >= 4 is 6.09 Å². The number of amides is 1. The van der Waals surface area contributed by atoms with Crippen LogP contribution in [0.15, 0.2) is 60.7 Å². The molecule has 4 nitrogen and oxygen atoms in total. The minimum atomic E-state index is -0.373. The van der Waals surface area contributed by atoms with Crippen LogP contribution in [0, 0.1) is 0 Å². The van der Waals surface area contributed by atoms with Crippen molar-refractivity contribution in [2.75, 3.05) is 13.2 Å². The van der Waals surface area contributed by atoms with Crippen LogP contribution in [0.4, 0.5) is 4.79 Å². The number of benzene rings is 2. The van der Waals surface area contributed by atoms with Crippen LogP contribution in [-0.2, 0) is 16.0 Å². The van der Waals surface area contributed by atoms with E-state index in [2.05, 4.69) is 17.4 Å². The third-order valence-corrected chi connectivity index (χ3v) is 4.06. The Labute approximate surface area is 136 Å². The molecule has 23 heavy (non-hydrogen) atoms. The Kier molecular flexibility index (Phi) is 5.27. The molecule has 0 bridgehead atoms. The standard InChI is InChI=1S/C19H21NO3/c21-19(20-13-15-7-3-1-4-8-15)23-18-11-12-22-14-17(18)16-9-5-2-6-10-16/h1-10,17-18H,11-14H2,(H,20,21)/t17-,18+/m1/s1. The minimum absolute atomic E-state index is 0.0902. The molecule has 0 aromatic heterocycles. The number of hydrogen-bond acceptors (Lipinski definition) is 3. The zero-order chi connectivity index (χ0) is 15.9. The molecule has 2 aromatic rings. The van der Waals surface area contributed by atoms with Gasteiger partial charge in [-0.3, -0.25) is 0 Å². The summed E-state index contributed by atoms with van der Waals surface area (Å²) in [5, 5.41) is 2.82. The molecule has 3 rings (SSSR count). The van der Waals surface area contributed by atoms with Gasteiger partial charge in [-0.25, -0.2) is 4.79 Å². The summed E-state index contributed by atoms with van der Waals surface area (Å²) in [5.74, 6) is 0.0902. The van der Waals surface area contributed by atoms with E-state index >= 15 is 0 Å². The van der Waals surface area contributed by atoms with Crippen LogP contribution < -0.4 is 5.32 Å². The van der Waals surface area contributed by atoms with Gasteiger partial charge >= 0.3 is 6.09 Å². The molecule has 120 valence electrons. The molecule has 0 radical (unpaired) electrons. The average molecular weight is 311 g/mol. The highest BCUT2D eigenvalue weighted by Crippen LogP contribution is 2.28. The first-order valence-electron chi connectivity index (χ1n) is 7.94. The van der Waals surface area contributed by atoms with E-state index in [4.69, 9.17) is 9.47 Å². The Morgan fingerprint density at radius 1 is 1.09 bits per heavy atom. The highest BCUT2D eigenvalue weighted by molar-refractivity contribution is 5.67. The van der Waals surface area contributed by atoms with Crippen LogP contribution in [0.2, 0.25) is 0 Å². The number of carbonyl (C=O) groups is 1. The fourth-order valence-corrected chi connectivity index (χ4v) is 2.82.